The van der Waals surface area contributed by atoms with Gasteiger partial charge in [0.05, 0.1) is 5.69 Å². The molecule has 1 aromatic heterocycles. The number of thiazole rings is 1. The number of benzene rings is 1. The fraction of sp³-hybridized carbons (Fsp3) is 0.471. The quantitative estimate of drug-likeness (QED) is 0.879. The van der Waals surface area contributed by atoms with Gasteiger partial charge in [-0.25, -0.2) is 4.98 Å². The molecule has 2 rings (SSSR count). The van der Waals surface area contributed by atoms with Gasteiger partial charge in [-0.2, -0.15) is 0 Å². The molecule has 0 aliphatic rings. The lowest BCUT2D eigenvalue weighted by Gasteiger charge is -2.22. The van der Waals surface area contributed by atoms with Crippen molar-refractivity contribution in [3.8, 4) is 0 Å². The van der Waals surface area contributed by atoms with E-state index in [1.165, 1.54) is 15.4 Å². The summed E-state index contributed by atoms with van der Waals surface area (Å²) < 4.78 is 0. The molecule has 0 amide bonds. The fourth-order valence-electron chi connectivity index (χ4n) is 2.45. The van der Waals surface area contributed by atoms with Crippen LogP contribution in [-0.2, 0) is 5.41 Å². The third-order valence-electron chi connectivity index (χ3n) is 3.77. The number of nitrogens with zero attached hydrogens (tertiary/aromatic N) is 1. The Kier molecular flexibility index (Phi) is 4.61. The minimum absolute atomic E-state index is 0.0408. The lowest BCUT2D eigenvalue weighted by atomic mass is 9.85. The molecule has 0 aliphatic heterocycles. The van der Waals surface area contributed by atoms with Crippen molar-refractivity contribution in [3.63, 3.8) is 0 Å². The summed E-state index contributed by atoms with van der Waals surface area (Å²) in [5.74, 6) is 0. The highest BCUT2D eigenvalue weighted by Gasteiger charge is 2.28. The molecule has 1 heterocycles. The van der Waals surface area contributed by atoms with Gasteiger partial charge in [0.1, 0.15) is 5.01 Å². The van der Waals surface area contributed by atoms with Crippen molar-refractivity contribution in [1.82, 2.24) is 10.3 Å². The van der Waals surface area contributed by atoms with Gasteiger partial charge in [-0.05, 0) is 39.8 Å². The third-order valence-corrected chi connectivity index (χ3v) is 5.43. The summed E-state index contributed by atoms with van der Waals surface area (Å²) in [6, 6.07) is 11.0. The van der Waals surface area contributed by atoms with Crippen LogP contribution in [0.5, 0.6) is 0 Å². The minimum atomic E-state index is -0.0408. The molecule has 0 radical (unpaired) electrons. The molecule has 20 heavy (non-hydrogen) atoms. The predicted octanol–water partition coefficient (Wildman–Crippen LogP) is 4.45. The molecule has 3 heteroatoms. The van der Waals surface area contributed by atoms with Gasteiger partial charge >= 0.3 is 0 Å². The van der Waals surface area contributed by atoms with Crippen LogP contribution in [-0.4, -0.2) is 11.5 Å². The largest absolute Gasteiger partial charge is 0.310 e. The van der Waals surface area contributed by atoms with Crippen LogP contribution in [0.25, 0.3) is 0 Å². The highest BCUT2D eigenvalue weighted by Crippen LogP contribution is 2.37. The lowest BCUT2D eigenvalue weighted by molar-refractivity contribution is 0.602. The highest BCUT2D eigenvalue weighted by atomic mass is 32.1. The summed E-state index contributed by atoms with van der Waals surface area (Å²) in [6.45, 7) is 12.0. The Morgan fingerprint density at radius 2 is 1.90 bits per heavy atom. The van der Waals surface area contributed by atoms with Crippen molar-refractivity contribution in [1.29, 1.82) is 0 Å². The molecule has 1 atom stereocenters. The zero-order valence-corrected chi connectivity index (χ0v) is 13.8. The predicted molar refractivity (Wildman–Crippen MR) is 87.5 cm³/mol. The summed E-state index contributed by atoms with van der Waals surface area (Å²) in [4.78, 5) is 6.19. The van der Waals surface area contributed by atoms with Crippen LogP contribution in [0.4, 0.5) is 0 Å². The van der Waals surface area contributed by atoms with Gasteiger partial charge in [0, 0.05) is 16.3 Å². The first-order valence-electron chi connectivity index (χ1n) is 7.23. The molecule has 0 aliphatic carbocycles. The molecule has 1 N–H and O–H groups in total. The van der Waals surface area contributed by atoms with Gasteiger partial charge in [0.2, 0.25) is 0 Å². The summed E-state index contributed by atoms with van der Waals surface area (Å²) in [5.41, 5.74) is 2.43. The van der Waals surface area contributed by atoms with E-state index in [2.05, 4.69) is 70.3 Å². The highest BCUT2D eigenvalue weighted by molar-refractivity contribution is 7.12. The normalized spacial score (nSPS) is 13.4. The Morgan fingerprint density at radius 3 is 2.50 bits per heavy atom. The standard InChI is InChI=1S/C17H24N2S/c1-6-18-12(2)15-13(3)19-16(20-15)17(4,5)14-10-8-7-9-11-14/h7-12,18H,6H2,1-5H3. The molecule has 0 bridgehead atoms. The van der Waals surface area contributed by atoms with Gasteiger partial charge in [-0.3, -0.25) is 0 Å². The molecular formula is C17H24N2S. The topological polar surface area (TPSA) is 24.9 Å². The van der Waals surface area contributed by atoms with E-state index in [0.29, 0.717) is 6.04 Å². The zero-order valence-electron chi connectivity index (χ0n) is 13.0. The lowest BCUT2D eigenvalue weighted by Crippen LogP contribution is -2.18. The van der Waals surface area contributed by atoms with E-state index in [-0.39, 0.29) is 5.41 Å². The first-order chi connectivity index (χ1) is 9.46. The number of nitrogens with one attached hydrogen (secondary N) is 1. The van der Waals surface area contributed by atoms with Gasteiger partial charge in [0.25, 0.3) is 0 Å². The average Bonchev–Trinajstić information content (AvgIpc) is 2.83. The van der Waals surface area contributed by atoms with Crippen molar-refractivity contribution in [3.05, 3.63) is 51.5 Å². The second-order valence-electron chi connectivity index (χ2n) is 5.74. The van der Waals surface area contributed by atoms with E-state index < -0.39 is 0 Å². The van der Waals surface area contributed by atoms with Crippen LogP contribution < -0.4 is 5.32 Å². The maximum absolute atomic E-state index is 4.84. The maximum Gasteiger partial charge on any atom is 0.103 e. The van der Waals surface area contributed by atoms with Crippen LogP contribution in [0.1, 0.15) is 54.9 Å². The van der Waals surface area contributed by atoms with E-state index >= 15 is 0 Å². The van der Waals surface area contributed by atoms with E-state index in [1.807, 2.05) is 11.3 Å². The molecule has 1 unspecified atom stereocenters. The Bertz CT molecular complexity index is 558. The number of hydrogen-bond donors (Lipinski definition) is 1. The maximum atomic E-state index is 4.84. The first-order valence-corrected chi connectivity index (χ1v) is 8.05. The molecular weight excluding hydrogens is 264 g/mol. The second-order valence-corrected chi connectivity index (χ2v) is 6.77. The number of aromatic nitrogens is 1. The van der Waals surface area contributed by atoms with Crippen molar-refractivity contribution < 1.29 is 0 Å². The summed E-state index contributed by atoms with van der Waals surface area (Å²) in [6.07, 6.45) is 0. The van der Waals surface area contributed by atoms with E-state index in [1.54, 1.807) is 0 Å². The minimum Gasteiger partial charge on any atom is -0.310 e. The first kappa shape index (κ1) is 15.2. The van der Waals surface area contributed by atoms with Crippen molar-refractivity contribution in [2.45, 2.75) is 46.1 Å². The van der Waals surface area contributed by atoms with Crippen molar-refractivity contribution >= 4 is 11.3 Å². The Labute approximate surface area is 126 Å². The summed E-state index contributed by atoms with van der Waals surface area (Å²) >= 11 is 1.84. The van der Waals surface area contributed by atoms with Crippen LogP contribution >= 0.6 is 11.3 Å². The molecule has 0 saturated carbocycles. The van der Waals surface area contributed by atoms with Crippen molar-refractivity contribution in [2.24, 2.45) is 0 Å². The van der Waals surface area contributed by atoms with E-state index in [4.69, 9.17) is 4.98 Å². The van der Waals surface area contributed by atoms with E-state index in [9.17, 15) is 0 Å². The fourth-order valence-corrected chi connectivity index (χ4v) is 3.67. The number of hydrogen-bond acceptors (Lipinski definition) is 3. The molecule has 2 aromatic rings. The van der Waals surface area contributed by atoms with Crippen LogP contribution in [0.15, 0.2) is 30.3 Å². The third kappa shape index (κ3) is 2.94. The van der Waals surface area contributed by atoms with Gasteiger partial charge in [-0.15, -0.1) is 11.3 Å². The Hall–Kier alpha value is -1.19. The zero-order chi connectivity index (χ0) is 14.8. The van der Waals surface area contributed by atoms with Crippen LogP contribution in [0.3, 0.4) is 0 Å². The molecule has 2 nitrogen and oxygen atoms in total. The number of rotatable bonds is 5. The van der Waals surface area contributed by atoms with Gasteiger partial charge < -0.3 is 5.32 Å². The smallest absolute Gasteiger partial charge is 0.103 e. The van der Waals surface area contributed by atoms with Crippen LogP contribution in [0.2, 0.25) is 0 Å². The summed E-state index contributed by atoms with van der Waals surface area (Å²) in [5, 5.41) is 4.67. The molecule has 0 fully saturated rings. The monoisotopic (exact) mass is 288 g/mol. The molecule has 0 spiro atoms. The second kappa shape index (κ2) is 6.06. The van der Waals surface area contributed by atoms with Gasteiger partial charge in [0.15, 0.2) is 0 Å². The Morgan fingerprint density at radius 1 is 1.25 bits per heavy atom. The number of aryl methyl sites for hydroxylation is 1. The average molecular weight is 288 g/mol. The van der Waals surface area contributed by atoms with Gasteiger partial charge in [-0.1, -0.05) is 37.3 Å². The SMILES string of the molecule is CCNC(C)c1sc(C(C)(C)c2ccccc2)nc1C. The molecule has 108 valence electrons. The van der Waals surface area contributed by atoms with E-state index in [0.717, 1.165) is 12.2 Å². The Balaban J connectivity index is 2.36. The summed E-state index contributed by atoms with van der Waals surface area (Å²) in [7, 11) is 0. The van der Waals surface area contributed by atoms with Crippen molar-refractivity contribution in [2.75, 3.05) is 6.54 Å². The molecule has 0 saturated heterocycles. The molecule has 1 aromatic carbocycles. The van der Waals surface area contributed by atoms with Crippen LogP contribution in [0, 0.1) is 6.92 Å².